The average molecular weight is 258 g/mol. The summed E-state index contributed by atoms with van der Waals surface area (Å²) in [7, 11) is 1.61. The Kier molecular flexibility index (Phi) is 6.95. The predicted molar refractivity (Wildman–Crippen MR) is 68.1 cm³/mol. The summed E-state index contributed by atoms with van der Waals surface area (Å²) in [6.45, 7) is 1.35. The van der Waals surface area contributed by atoms with E-state index in [2.05, 4.69) is 4.98 Å². The molecule has 6 heteroatoms. The lowest BCUT2D eigenvalue weighted by Gasteiger charge is -2.10. The summed E-state index contributed by atoms with van der Waals surface area (Å²) < 4.78 is 10.0. The molecule has 1 atom stereocenters. The molecule has 1 unspecified atom stereocenters. The molecule has 96 valence electrons. The van der Waals surface area contributed by atoms with Gasteiger partial charge in [-0.25, -0.2) is 4.98 Å². The minimum absolute atomic E-state index is 0.311. The molecule has 0 aliphatic heterocycles. The molecule has 0 aliphatic carbocycles. The van der Waals surface area contributed by atoms with Crippen LogP contribution in [0.1, 0.15) is 0 Å². The molecule has 1 aromatic rings. The number of methoxy groups -OCH3 is 1. The van der Waals surface area contributed by atoms with Crippen molar-refractivity contribution < 1.29 is 14.6 Å². The molecular weight excluding hydrogens is 240 g/mol. The van der Waals surface area contributed by atoms with Crippen LogP contribution in [0.4, 0.5) is 5.69 Å². The molecule has 1 aromatic heterocycles. The molecule has 1 heterocycles. The van der Waals surface area contributed by atoms with Crippen molar-refractivity contribution in [1.29, 1.82) is 0 Å². The number of pyridine rings is 1. The minimum Gasteiger partial charge on any atom is -0.397 e. The second-order valence-electron chi connectivity index (χ2n) is 3.46. The molecule has 0 amide bonds. The van der Waals surface area contributed by atoms with Crippen molar-refractivity contribution in [3.05, 3.63) is 18.3 Å². The summed E-state index contributed by atoms with van der Waals surface area (Å²) in [5.74, 6) is 0.546. The molecular formula is C11H18N2O3S. The highest BCUT2D eigenvalue weighted by Crippen LogP contribution is 2.16. The summed E-state index contributed by atoms with van der Waals surface area (Å²) in [6.07, 6.45) is 1.10. The van der Waals surface area contributed by atoms with Crippen molar-refractivity contribution >= 4 is 17.4 Å². The first-order valence-electron chi connectivity index (χ1n) is 5.31. The molecule has 0 radical (unpaired) electrons. The van der Waals surface area contributed by atoms with E-state index in [1.165, 1.54) is 11.8 Å². The van der Waals surface area contributed by atoms with Crippen molar-refractivity contribution in [2.24, 2.45) is 0 Å². The second-order valence-corrected chi connectivity index (χ2v) is 4.50. The minimum atomic E-state index is -0.504. The Bertz CT molecular complexity index is 308. The van der Waals surface area contributed by atoms with Gasteiger partial charge in [0.05, 0.1) is 42.8 Å². The third-order valence-corrected chi connectivity index (χ3v) is 3.01. The number of nitrogens with two attached hydrogens (primary N) is 1. The Morgan fingerprint density at radius 3 is 2.94 bits per heavy atom. The average Bonchev–Trinajstić information content (AvgIpc) is 2.34. The highest BCUT2D eigenvalue weighted by Gasteiger charge is 2.05. The number of anilines is 1. The van der Waals surface area contributed by atoms with Gasteiger partial charge < -0.3 is 20.3 Å². The van der Waals surface area contributed by atoms with Crippen molar-refractivity contribution in [2.45, 2.75) is 11.1 Å². The maximum absolute atomic E-state index is 9.63. The molecule has 0 aliphatic rings. The smallest absolute Gasteiger partial charge is 0.0962 e. The van der Waals surface area contributed by atoms with Gasteiger partial charge in [-0.3, -0.25) is 0 Å². The number of hydrogen-bond acceptors (Lipinski definition) is 6. The highest BCUT2D eigenvalue weighted by atomic mass is 32.2. The standard InChI is InChI=1S/C11H18N2O3S/c1-15-4-5-16-7-10(14)8-17-11-3-2-9(12)6-13-11/h2-3,6,10,14H,4-5,7-8,12H2,1H3. The van der Waals surface area contributed by atoms with Crippen LogP contribution in [0.2, 0.25) is 0 Å². The van der Waals surface area contributed by atoms with Crippen molar-refractivity contribution in [3.63, 3.8) is 0 Å². The molecule has 0 saturated heterocycles. The number of ether oxygens (including phenoxy) is 2. The third kappa shape index (κ3) is 6.48. The maximum Gasteiger partial charge on any atom is 0.0962 e. The van der Waals surface area contributed by atoms with Gasteiger partial charge in [-0.15, -0.1) is 11.8 Å². The molecule has 0 fully saturated rings. The van der Waals surface area contributed by atoms with E-state index in [9.17, 15) is 5.11 Å². The summed E-state index contributed by atoms with van der Waals surface area (Å²) in [5.41, 5.74) is 6.16. The van der Waals surface area contributed by atoms with Crippen LogP contribution in [0, 0.1) is 0 Å². The van der Waals surface area contributed by atoms with E-state index in [-0.39, 0.29) is 0 Å². The number of rotatable bonds is 8. The van der Waals surface area contributed by atoms with Gasteiger partial charge in [-0.1, -0.05) is 0 Å². The third-order valence-electron chi connectivity index (χ3n) is 1.92. The van der Waals surface area contributed by atoms with Gasteiger partial charge in [0, 0.05) is 12.9 Å². The van der Waals surface area contributed by atoms with Crippen LogP contribution < -0.4 is 5.73 Å². The Labute approximate surface area is 105 Å². The van der Waals surface area contributed by atoms with Gasteiger partial charge in [0.25, 0.3) is 0 Å². The monoisotopic (exact) mass is 258 g/mol. The van der Waals surface area contributed by atoms with Crippen LogP contribution in [-0.2, 0) is 9.47 Å². The summed E-state index contributed by atoms with van der Waals surface area (Å²) in [6, 6.07) is 3.62. The SMILES string of the molecule is COCCOCC(O)CSc1ccc(N)cn1. The fourth-order valence-electron chi connectivity index (χ4n) is 1.07. The number of aliphatic hydroxyl groups is 1. The van der Waals surface area contributed by atoms with E-state index in [1.807, 2.05) is 6.07 Å². The zero-order valence-electron chi connectivity index (χ0n) is 9.83. The topological polar surface area (TPSA) is 77.6 Å². The summed E-state index contributed by atoms with van der Waals surface area (Å²) >= 11 is 1.47. The number of nitrogens with zero attached hydrogens (tertiary/aromatic N) is 1. The van der Waals surface area contributed by atoms with Gasteiger partial charge in [-0.05, 0) is 12.1 Å². The first-order valence-corrected chi connectivity index (χ1v) is 6.30. The molecule has 0 saturated carbocycles. The number of aromatic nitrogens is 1. The quantitative estimate of drug-likeness (QED) is 0.530. The molecule has 17 heavy (non-hydrogen) atoms. The van der Waals surface area contributed by atoms with E-state index in [4.69, 9.17) is 15.2 Å². The van der Waals surface area contributed by atoms with E-state index in [0.29, 0.717) is 31.3 Å². The first-order chi connectivity index (χ1) is 8.22. The summed E-state index contributed by atoms with van der Waals surface area (Å²) in [4.78, 5) is 4.13. The van der Waals surface area contributed by atoms with Gasteiger partial charge in [0.2, 0.25) is 0 Å². The van der Waals surface area contributed by atoms with Crippen LogP contribution in [0.5, 0.6) is 0 Å². The molecule has 3 N–H and O–H groups in total. The number of nitrogen functional groups attached to an aromatic ring is 1. The zero-order valence-corrected chi connectivity index (χ0v) is 10.7. The van der Waals surface area contributed by atoms with Crippen LogP contribution in [-0.4, -0.2) is 48.9 Å². The van der Waals surface area contributed by atoms with E-state index in [0.717, 1.165) is 5.03 Å². The van der Waals surface area contributed by atoms with Gasteiger partial charge >= 0.3 is 0 Å². The Hall–Kier alpha value is -0.820. The lowest BCUT2D eigenvalue weighted by molar-refractivity contribution is 0.0218. The molecule has 1 rings (SSSR count). The van der Waals surface area contributed by atoms with Gasteiger partial charge in [-0.2, -0.15) is 0 Å². The zero-order chi connectivity index (χ0) is 12.5. The van der Waals surface area contributed by atoms with E-state index < -0.39 is 6.10 Å². The van der Waals surface area contributed by atoms with Gasteiger partial charge in [0.1, 0.15) is 0 Å². The van der Waals surface area contributed by atoms with Gasteiger partial charge in [0.15, 0.2) is 0 Å². The lowest BCUT2D eigenvalue weighted by atomic mass is 10.4. The Morgan fingerprint density at radius 2 is 2.29 bits per heavy atom. The van der Waals surface area contributed by atoms with E-state index in [1.54, 1.807) is 19.4 Å². The van der Waals surface area contributed by atoms with Crippen LogP contribution in [0.15, 0.2) is 23.4 Å². The summed E-state index contributed by atoms with van der Waals surface area (Å²) in [5, 5.41) is 10.5. The second kappa shape index (κ2) is 8.30. The molecule has 5 nitrogen and oxygen atoms in total. The van der Waals surface area contributed by atoms with Crippen molar-refractivity contribution in [3.8, 4) is 0 Å². The highest BCUT2D eigenvalue weighted by molar-refractivity contribution is 7.99. The number of aliphatic hydroxyl groups excluding tert-OH is 1. The molecule has 0 spiro atoms. The fourth-order valence-corrected chi connectivity index (χ4v) is 1.82. The van der Waals surface area contributed by atoms with Crippen LogP contribution in [0.25, 0.3) is 0 Å². The molecule has 0 aromatic carbocycles. The Morgan fingerprint density at radius 1 is 1.47 bits per heavy atom. The first kappa shape index (κ1) is 14.2. The van der Waals surface area contributed by atoms with E-state index >= 15 is 0 Å². The molecule has 0 bridgehead atoms. The lowest BCUT2D eigenvalue weighted by Crippen LogP contribution is -2.19. The number of hydrogen-bond donors (Lipinski definition) is 2. The Balaban J connectivity index is 2.14. The fraction of sp³-hybridized carbons (Fsp3) is 0.545. The van der Waals surface area contributed by atoms with Crippen molar-refractivity contribution in [2.75, 3.05) is 38.4 Å². The number of thioether (sulfide) groups is 1. The van der Waals surface area contributed by atoms with Crippen molar-refractivity contribution in [1.82, 2.24) is 4.98 Å². The normalized spacial score (nSPS) is 12.6. The maximum atomic E-state index is 9.63. The largest absolute Gasteiger partial charge is 0.397 e. The van der Waals surface area contributed by atoms with Crippen LogP contribution >= 0.6 is 11.8 Å². The van der Waals surface area contributed by atoms with Crippen LogP contribution in [0.3, 0.4) is 0 Å². The predicted octanol–water partition coefficient (Wildman–Crippen LogP) is 0.780.